The van der Waals surface area contributed by atoms with E-state index in [9.17, 15) is 9.18 Å². The number of benzene rings is 1. The Morgan fingerprint density at radius 2 is 2.17 bits per heavy atom. The Bertz CT molecular complexity index is 439. The molecule has 0 saturated carbocycles. The highest BCUT2D eigenvalue weighted by Gasteiger charge is 2.25. The van der Waals surface area contributed by atoms with Crippen LogP contribution in [0, 0.1) is 5.82 Å². The quantitative estimate of drug-likeness (QED) is 0.816. The summed E-state index contributed by atoms with van der Waals surface area (Å²) in [7, 11) is 0. The molecular formula is C13H16Cl2FNO. The fourth-order valence-electron chi connectivity index (χ4n) is 1.55. The highest BCUT2D eigenvalue weighted by molar-refractivity contribution is 6.33. The molecule has 1 aromatic rings. The Kier molecular flexibility index (Phi) is 5.42. The lowest BCUT2D eigenvalue weighted by molar-refractivity contribution is 0.0901. The molecule has 0 aromatic heterocycles. The van der Waals surface area contributed by atoms with Crippen molar-refractivity contribution < 1.29 is 9.18 Å². The van der Waals surface area contributed by atoms with Crippen molar-refractivity contribution in [1.29, 1.82) is 0 Å². The molecule has 0 aliphatic rings. The van der Waals surface area contributed by atoms with Gasteiger partial charge in [-0.3, -0.25) is 4.79 Å². The van der Waals surface area contributed by atoms with Gasteiger partial charge in [-0.05, 0) is 38.0 Å². The molecule has 0 saturated heterocycles. The molecule has 0 heterocycles. The van der Waals surface area contributed by atoms with Crippen LogP contribution in [0.4, 0.5) is 4.39 Å². The third-order valence-electron chi connectivity index (χ3n) is 3.02. The monoisotopic (exact) mass is 291 g/mol. The molecule has 1 amide bonds. The van der Waals surface area contributed by atoms with Crippen molar-refractivity contribution in [3.63, 3.8) is 0 Å². The minimum atomic E-state index is -0.462. The predicted octanol–water partition coefficient (Wildman–Crippen LogP) is 4.01. The summed E-state index contributed by atoms with van der Waals surface area (Å²) in [6, 6.07) is 3.72. The minimum Gasteiger partial charge on any atom is -0.347 e. The lowest BCUT2D eigenvalue weighted by Crippen LogP contribution is -2.45. The molecule has 1 rings (SSSR count). The first-order valence-corrected chi connectivity index (χ1v) is 6.66. The second kappa shape index (κ2) is 6.39. The Morgan fingerprint density at radius 1 is 1.50 bits per heavy atom. The molecule has 2 nitrogen and oxygen atoms in total. The molecule has 18 heavy (non-hydrogen) atoms. The van der Waals surface area contributed by atoms with Crippen LogP contribution in [-0.2, 0) is 0 Å². The molecule has 0 bridgehead atoms. The Labute approximate surface area is 116 Å². The topological polar surface area (TPSA) is 29.1 Å². The lowest BCUT2D eigenvalue weighted by atomic mass is 9.95. The molecule has 0 aliphatic carbocycles. The van der Waals surface area contributed by atoms with Crippen molar-refractivity contribution in [2.24, 2.45) is 0 Å². The van der Waals surface area contributed by atoms with E-state index in [1.54, 1.807) is 0 Å². The summed E-state index contributed by atoms with van der Waals surface area (Å²) in [6.45, 7) is 3.89. The fourth-order valence-corrected chi connectivity index (χ4v) is 2.22. The van der Waals surface area contributed by atoms with Crippen LogP contribution in [0.25, 0.3) is 0 Å². The third-order valence-corrected chi connectivity index (χ3v) is 3.52. The Morgan fingerprint density at radius 3 is 2.67 bits per heavy atom. The average molecular weight is 292 g/mol. The highest BCUT2D eigenvalue weighted by atomic mass is 35.5. The molecule has 0 radical (unpaired) electrons. The van der Waals surface area contributed by atoms with E-state index in [1.807, 2.05) is 13.8 Å². The number of alkyl halides is 1. The number of halogens is 3. The SMILES string of the molecule is CCC(C)(CCCl)NC(=O)c1ccc(F)cc1Cl. The van der Waals surface area contributed by atoms with Gasteiger partial charge in [0.1, 0.15) is 5.82 Å². The van der Waals surface area contributed by atoms with Crippen molar-refractivity contribution >= 4 is 29.1 Å². The van der Waals surface area contributed by atoms with Gasteiger partial charge in [-0.1, -0.05) is 18.5 Å². The minimum absolute atomic E-state index is 0.108. The van der Waals surface area contributed by atoms with Gasteiger partial charge in [-0.2, -0.15) is 0 Å². The van der Waals surface area contributed by atoms with Gasteiger partial charge in [0.05, 0.1) is 10.6 Å². The molecule has 0 fully saturated rings. The van der Waals surface area contributed by atoms with Crippen LogP contribution in [0.1, 0.15) is 37.0 Å². The largest absolute Gasteiger partial charge is 0.347 e. The van der Waals surface area contributed by atoms with Crippen molar-refractivity contribution in [2.45, 2.75) is 32.2 Å². The van der Waals surface area contributed by atoms with Gasteiger partial charge in [-0.15, -0.1) is 11.6 Å². The van der Waals surface area contributed by atoms with E-state index in [0.717, 1.165) is 12.5 Å². The maximum absolute atomic E-state index is 12.9. The average Bonchev–Trinajstić information content (AvgIpc) is 2.28. The molecule has 0 aliphatic heterocycles. The summed E-state index contributed by atoms with van der Waals surface area (Å²) in [5.41, 5.74) is -0.108. The zero-order valence-electron chi connectivity index (χ0n) is 10.4. The molecule has 100 valence electrons. The maximum atomic E-state index is 12.9. The second-order valence-corrected chi connectivity index (χ2v) is 5.22. The number of amides is 1. The Balaban J connectivity index is 2.87. The number of hydrogen-bond acceptors (Lipinski definition) is 1. The number of carbonyl (C=O) groups is 1. The first-order chi connectivity index (χ1) is 8.41. The van der Waals surface area contributed by atoms with Crippen LogP contribution in [0.5, 0.6) is 0 Å². The Hall–Kier alpha value is -0.800. The van der Waals surface area contributed by atoms with Gasteiger partial charge >= 0.3 is 0 Å². The normalized spacial score (nSPS) is 14.1. The molecule has 0 spiro atoms. The van der Waals surface area contributed by atoms with E-state index in [-0.39, 0.29) is 22.0 Å². The molecular weight excluding hydrogens is 276 g/mol. The summed E-state index contributed by atoms with van der Waals surface area (Å²) in [6.07, 6.45) is 1.42. The number of nitrogens with one attached hydrogen (secondary N) is 1. The number of carbonyl (C=O) groups excluding carboxylic acids is 1. The van der Waals surface area contributed by atoms with E-state index >= 15 is 0 Å². The van der Waals surface area contributed by atoms with E-state index in [2.05, 4.69) is 5.32 Å². The summed E-state index contributed by atoms with van der Waals surface area (Å²) in [4.78, 5) is 12.1. The van der Waals surface area contributed by atoms with E-state index < -0.39 is 5.82 Å². The highest BCUT2D eigenvalue weighted by Crippen LogP contribution is 2.20. The lowest BCUT2D eigenvalue weighted by Gasteiger charge is -2.29. The molecule has 1 aromatic carbocycles. The van der Waals surface area contributed by atoms with E-state index in [0.29, 0.717) is 12.3 Å². The van der Waals surface area contributed by atoms with Crippen molar-refractivity contribution in [1.82, 2.24) is 5.32 Å². The summed E-state index contributed by atoms with van der Waals surface area (Å²) in [5.74, 6) is -0.313. The van der Waals surface area contributed by atoms with Gasteiger partial charge in [0.25, 0.3) is 5.91 Å². The second-order valence-electron chi connectivity index (χ2n) is 4.43. The van der Waals surface area contributed by atoms with E-state index in [4.69, 9.17) is 23.2 Å². The zero-order chi connectivity index (χ0) is 13.8. The summed E-state index contributed by atoms with van der Waals surface area (Å²) >= 11 is 11.6. The first-order valence-electron chi connectivity index (χ1n) is 5.75. The fraction of sp³-hybridized carbons (Fsp3) is 0.462. The van der Waals surface area contributed by atoms with E-state index in [1.165, 1.54) is 12.1 Å². The van der Waals surface area contributed by atoms with Crippen LogP contribution >= 0.6 is 23.2 Å². The standard InChI is InChI=1S/C13H16Cl2FNO/c1-3-13(2,6-7-14)17-12(18)10-5-4-9(16)8-11(10)15/h4-5,8H,3,6-7H2,1-2H3,(H,17,18). The molecule has 1 N–H and O–H groups in total. The summed E-state index contributed by atoms with van der Waals surface area (Å²) < 4.78 is 12.9. The van der Waals surface area contributed by atoms with Gasteiger partial charge in [-0.25, -0.2) is 4.39 Å². The van der Waals surface area contributed by atoms with Gasteiger partial charge in [0.2, 0.25) is 0 Å². The number of rotatable bonds is 5. The van der Waals surface area contributed by atoms with Crippen LogP contribution in [0.2, 0.25) is 5.02 Å². The molecule has 1 unspecified atom stereocenters. The van der Waals surface area contributed by atoms with Crippen LogP contribution in [-0.4, -0.2) is 17.3 Å². The van der Waals surface area contributed by atoms with Crippen molar-refractivity contribution in [3.8, 4) is 0 Å². The van der Waals surface area contributed by atoms with Crippen molar-refractivity contribution in [2.75, 3.05) is 5.88 Å². The van der Waals surface area contributed by atoms with Gasteiger partial charge in [0, 0.05) is 11.4 Å². The van der Waals surface area contributed by atoms with Crippen LogP contribution in [0.3, 0.4) is 0 Å². The maximum Gasteiger partial charge on any atom is 0.253 e. The van der Waals surface area contributed by atoms with Gasteiger partial charge < -0.3 is 5.32 Å². The van der Waals surface area contributed by atoms with Gasteiger partial charge in [0.15, 0.2) is 0 Å². The predicted molar refractivity (Wildman–Crippen MR) is 72.9 cm³/mol. The third kappa shape index (κ3) is 3.85. The first kappa shape index (κ1) is 15.3. The molecule has 5 heteroatoms. The molecule has 1 atom stereocenters. The number of hydrogen-bond donors (Lipinski definition) is 1. The zero-order valence-corrected chi connectivity index (χ0v) is 11.9. The van der Waals surface area contributed by atoms with Crippen LogP contribution < -0.4 is 5.32 Å². The summed E-state index contributed by atoms with van der Waals surface area (Å²) in [5, 5.41) is 3.00. The van der Waals surface area contributed by atoms with Crippen LogP contribution in [0.15, 0.2) is 18.2 Å². The smallest absolute Gasteiger partial charge is 0.253 e. The van der Waals surface area contributed by atoms with Crippen molar-refractivity contribution in [3.05, 3.63) is 34.6 Å².